The van der Waals surface area contributed by atoms with E-state index in [1.54, 1.807) is 0 Å². The monoisotopic (exact) mass is 231 g/mol. The predicted molar refractivity (Wildman–Crippen MR) is 71.6 cm³/mol. The second kappa shape index (κ2) is 5.87. The molecule has 1 N–H and O–H groups in total. The Balaban J connectivity index is 2.01. The van der Waals surface area contributed by atoms with Crippen LogP contribution in [-0.2, 0) is 0 Å². The highest BCUT2D eigenvalue weighted by atomic mass is 16.5. The van der Waals surface area contributed by atoms with Gasteiger partial charge in [-0.05, 0) is 36.1 Å². The van der Waals surface area contributed by atoms with Crippen molar-refractivity contribution < 1.29 is 4.74 Å². The van der Waals surface area contributed by atoms with Crippen molar-refractivity contribution in [3.8, 4) is 5.75 Å². The summed E-state index contributed by atoms with van der Waals surface area (Å²) in [7, 11) is 0. The van der Waals surface area contributed by atoms with E-state index in [1.165, 1.54) is 11.1 Å². The highest BCUT2D eigenvalue weighted by Crippen LogP contribution is 2.26. The normalized spacial score (nSPS) is 15.8. The summed E-state index contributed by atoms with van der Waals surface area (Å²) in [6.45, 7) is 7.18. The lowest BCUT2D eigenvalue weighted by molar-refractivity contribution is 0.339. The molecule has 1 aromatic rings. The average Bonchev–Trinajstić information content (AvgIpc) is 2.38. The lowest BCUT2D eigenvalue weighted by Crippen LogP contribution is -2.22. The third-order valence-electron chi connectivity index (χ3n) is 3.11. The third-order valence-corrected chi connectivity index (χ3v) is 3.11. The molecule has 2 nitrogen and oxygen atoms in total. The molecular weight excluding hydrogens is 210 g/mol. The lowest BCUT2D eigenvalue weighted by Gasteiger charge is -2.17. The minimum atomic E-state index is 0.508. The van der Waals surface area contributed by atoms with Crippen LogP contribution in [0.1, 0.15) is 31.7 Å². The topological polar surface area (TPSA) is 21.3 Å². The van der Waals surface area contributed by atoms with Crippen LogP contribution in [0.4, 0.5) is 0 Å². The molecule has 0 unspecified atom stereocenters. The Bertz CT molecular complexity index is 396. The molecule has 2 rings (SSSR count). The predicted octanol–water partition coefficient (Wildman–Crippen LogP) is 3.11. The van der Waals surface area contributed by atoms with Crippen molar-refractivity contribution in [1.29, 1.82) is 0 Å². The van der Waals surface area contributed by atoms with Gasteiger partial charge < -0.3 is 10.1 Å². The van der Waals surface area contributed by atoms with Gasteiger partial charge in [0.1, 0.15) is 12.4 Å². The lowest BCUT2D eigenvalue weighted by atomic mass is 10.0. The van der Waals surface area contributed by atoms with Crippen molar-refractivity contribution in [2.75, 3.05) is 19.7 Å². The minimum absolute atomic E-state index is 0.508. The first kappa shape index (κ1) is 12.2. The van der Waals surface area contributed by atoms with Gasteiger partial charge in [-0.1, -0.05) is 38.1 Å². The fourth-order valence-corrected chi connectivity index (χ4v) is 2.06. The van der Waals surface area contributed by atoms with Crippen LogP contribution in [0.5, 0.6) is 5.75 Å². The Morgan fingerprint density at radius 1 is 1.29 bits per heavy atom. The van der Waals surface area contributed by atoms with Crippen LogP contribution in [0.2, 0.25) is 0 Å². The molecule has 1 aliphatic heterocycles. The third kappa shape index (κ3) is 3.34. The number of hydrogen-bond acceptors (Lipinski definition) is 2. The smallest absolute Gasteiger partial charge is 0.123 e. The van der Waals surface area contributed by atoms with Gasteiger partial charge in [-0.25, -0.2) is 0 Å². The molecule has 92 valence electrons. The molecule has 0 saturated carbocycles. The molecule has 17 heavy (non-hydrogen) atoms. The number of rotatable bonds is 4. The van der Waals surface area contributed by atoms with Gasteiger partial charge in [0.15, 0.2) is 0 Å². The Morgan fingerprint density at radius 3 is 2.82 bits per heavy atom. The quantitative estimate of drug-likeness (QED) is 0.804. The van der Waals surface area contributed by atoms with Crippen LogP contribution in [-0.4, -0.2) is 19.7 Å². The first-order valence-electron chi connectivity index (χ1n) is 6.37. The molecule has 0 aliphatic carbocycles. The second-order valence-electron chi connectivity index (χ2n) is 4.80. The first-order chi connectivity index (χ1) is 8.27. The fraction of sp³-hybridized carbons (Fsp3) is 0.467. The summed E-state index contributed by atoms with van der Waals surface area (Å²) in [5, 5.41) is 3.31. The second-order valence-corrected chi connectivity index (χ2v) is 4.80. The van der Waals surface area contributed by atoms with Crippen LogP contribution < -0.4 is 10.1 Å². The first-order valence-corrected chi connectivity index (χ1v) is 6.37. The van der Waals surface area contributed by atoms with Gasteiger partial charge in [-0.2, -0.15) is 0 Å². The molecule has 1 heterocycles. The zero-order chi connectivity index (χ0) is 12.1. The molecule has 0 radical (unpaired) electrons. The molecule has 0 fully saturated rings. The molecular formula is C15H21NO. The van der Waals surface area contributed by atoms with E-state index in [1.807, 2.05) is 6.07 Å². The molecule has 0 atom stereocenters. The summed E-state index contributed by atoms with van der Waals surface area (Å²) in [5.41, 5.74) is 2.70. The number of nitrogens with one attached hydrogen (secondary N) is 1. The Morgan fingerprint density at radius 2 is 2.12 bits per heavy atom. The average molecular weight is 231 g/mol. The van der Waals surface area contributed by atoms with Gasteiger partial charge in [0.25, 0.3) is 0 Å². The van der Waals surface area contributed by atoms with Gasteiger partial charge >= 0.3 is 0 Å². The minimum Gasteiger partial charge on any atom is -0.489 e. The Labute approximate surface area is 104 Å². The van der Waals surface area contributed by atoms with E-state index < -0.39 is 0 Å². The van der Waals surface area contributed by atoms with E-state index in [0.29, 0.717) is 5.92 Å². The van der Waals surface area contributed by atoms with Gasteiger partial charge in [0.05, 0.1) is 0 Å². The summed E-state index contributed by atoms with van der Waals surface area (Å²) in [6.07, 6.45) is 3.34. The van der Waals surface area contributed by atoms with Gasteiger partial charge in [0.2, 0.25) is 0 Å². The van der Waals surface area contributed by atoms with Crippen molar-refractivity contribution in [2.24, 2.45) is 0 Å². The van der Waals surface area contributed by atoms with Crippen LogP contribution in [0, 0.1) is 0 Å². The van der Waals surface area contributed by atoms with E-state index in [4.69, 9.17) is 4.74 Å². The number of hydrogen-bond donors (Lipinski definition) is 1. The van der Waals surface area contributed by atoms with E-state index in [0.717, 1.165) is 31.9 Å². The summed E-state index contributed by atoms with van der Waals surface area (Å²) < 4.78 is 5.94. The van der Waals surface area contributed by atoms with Crippen molar-refractivity contribution in [1.82, 2.24) is 5.32 Å². The standard InChI is InChI=1S/C15H21NO/c1-12(2)14-5-3-4-6-15(14)17-11-13-7-9-16-10-8-13/h3-7,12,16H,8-11H2,1-2H3. The van der Waals surface area contributed by atoms with E-state index in [-0.39, 0.29) is 0 Å². The molecule has 1 aliphatic rings. The SMILES string of the molecule is CC(C)c1ccccc1OCC1=CCNCC1. The summed E-state index contributed by atoms with van der Waals surface area (Å²) in [4.78, 5) is 0. The molecule has 2 heteroatoms. The maximum absolute atomic E-state index is 5.94. The maximum atomic E-state index is 5.94. The van der Waals surface area contributed by atoms with Crippen LogP contribution in [0.3, 0.4) is 0 Å². The zero-order valence-corrected chi connectivity index (χ0v) is 10.7. The fourth-order valence-electron chi connectivity index (χ4n) is 2.06. The molecule has 0 saturated heterocycles. The number of benzene rings is 1. The van der Waals surface area contributed by atoms with E-state index >= 15 is 0 Å². The van der Waals surface area contributed by atoms with E-state index in [9.17, 15) is 0 Å². The maximum Gasteiger partial charge on any atom is 0.123 e. The van der Waals surface area contributed by atoms with Gasteiger partial charge in [-0.15, -0.1) is 0 Å². The summed E-state index contributed by atoms with van der Waals surface area (Å²) in [6, 6.07) is 8.33. The van der Waals surface area contributed by atoms with Crippen LogP contribution >= 0.6 is 0 Å². The van der Waals surface area contributed by atoms with Crippen molar-refractivity contribution >= 4 is 0 Å². The molecule has 1 aromatic carbocycles. The molecule has 0 spiro atoms. The number of ether oxygens (including phenoxy) is 1. The van der Waals surface area contributed by atoms with Crippen molar-refractivity contribution in [3.05, 3.63) is 41.5 Å². The van der Waals surface area contributed by atoms with Crippen LogP contribution in [0.25, 0.3) is 0 Å². The van der Waals surface area contributed by atoms with Crippen molar-refractivity contribution in [3.63, 3.8) is 0 Å². The Hall–Kier alpha value is -1.28. The van der Waals surface area contributed by atoms with E-state index in [2.05, 4.69) is 43.4 Å². The zero-order valence-electron chi connectivity index (χ0n) is 10.7. The molecule has 0 aromatic heterocycles. The Kier molecular flexibility index (Phi) is 4.21. The van der Waals surface area contributed by atoms with Crippen molar-refractivity contribution in [2.45, 2.75) is 26.2 Å². The highest BCUT2D eigenvalue weighted by Gasteiger charge is 2.08. The number of para-hydroxylation sites is 1. The molecule has 0 amide bonds. The highest BCUT2D eigenvalue weighted by molar-refractivity contribution is 5.35. The van der Waals surface area contributed by atoms with Crippen LogP contribution in [0.15, 0.2) is 35.9 Å². The van der Waals surface area contributed by atoms with Gasteiger partial charge in [-0.3, -0.25) is 0 Å². The molecule has 0 bridgehead atoms. The summed E-state index contributed by atoms with van der Waals surface area (Å²) in [5.74, 6) is 1.54. The largest absolute Gasteiger partial charge is 0.489 e. The summed E-state index contributed by atoms with van der Waals surface area (Å²) >= 11 is 0. The van der Waals surface area contributed by atoms with Gasteiger partial charge in [0, 0.05) is 6.54 Å².